The van der Waals surface area contributed by atoms with Gasteiger partial charge in [0, 0.05) is 6.54 Å². The van der Waals surface area contributed by atoms with Crippen LogP contribution in [0.3, 0.4) is 0 Å². The van der Waals surface area contributed by atoms with E-state index in [1.54, 1.807) is 0 Å². The van der Waals surface area contributed by atoms with Crippen LogP contribution in [-0.4, -0.2) is 12.5 Å². The number of nitrogens with two attached hydrogens (primary N) is 1. The number of hydrogen-bond donors (Lipinski definition) is 1. The number of hydrogen-bond acceptors (Lipinski definition) is 3. The van der Waals surface area contributed by atoms with Crippen LogP contribution in [0.1, 0.15) is 13.3 Å². The van der Waals surface area contributed by atoms with Crippen molar-refractivity contribution in [2.24, 2.45) is 11.7 Å². The second-order valence-corrected chi connectivity index (χ2v) is 1.89. The first-order valence-electron chi connectivity index (χ1n) is 2.78. The number of carbonyl (C=O) groups excluding carboxylic acids is 1. The maximum atomic E-state index is 10.5. The maximum absolute atomic E-state index is 10.5. The molecule has 2 N–H and O–H groups in total. The van der Waals surface area contributed by atoms with Gasteiger partial charge in [-0.25, -0.2) is 0 Å². The van der Waals surface area contributed by atoms with Gasteiger partial charge >= 0.3 is 5.97 Å². The third-order valence-electron chi connectivity index (χ3n) is 1.19. The topological polar surface area (TPSA) is 52.3 Å². The van der Waals surface area contributed by atoms with Crippen LogP contribution in [-0.2, 0) is 9.08 Å². The summed E-state index contributed by atoms with van der Waals surface area (Å²) in [6, 6.07) is 0. The summed E-state index contributed by atoms with van der Waals surface area (Å²) < 4.78 is 3.95. The molecular weight excluding hydrogens is 142 g/mol. The molecule has 9 heavy (non-hydrogen) atoms. The van der Waals surface area contributed by atoms with Crippen LogP contribution in [0.4, 0.5) is 0 Å². The van der Waals surface area contributed by atoms with Gasteiger partial charge in [0.2, 0.25) is 0 Å². The molecule has 0 heterocycles. The van der Waals surface area contributed by atoms with Crippen molar-refractivity contribution in [2.45, 2.75) is 13.3 Å². The van der Waals surface area contributed by atoms with Gasteiger partial charge in [-0.15, -0.1) is 0 Å². The zero-order valence-corrected chi connectivity index (χ0v) is 6.02. The van der Waals surface area contributed by atoms with Crippen LogP contribution >= 0.6 is 11.9 Å². The van der Waals surface area contributed by atoms with Gasteiger partial charge in [-0.2, -0.15) is 0 Å². The molecule has 0 radical (unpaired) electrons. The van der Waals surface area contributed by atoms with Gasteiger partial charge < -0.3 is 10.0 Å². The van der Waals surface area contributed by atoms with E-state index in [2.05, 4.69) is 4.29 Å². The zero-order valence-electron chi connectivity index (χ0n) is 5.26. The van der Waals surface area contributed by atoms with E-state index in [4.69, 9.17) is 17.6 Å². The average molecular weight is 152 g/mol. The van der Waals surface area contributed by atoms with Crippen molar-refractivity contribution >= 4 is 17.8 Å². The molecule has 0 rings (SSSR count). The third-order valence-corrected chi connectivity index (χ3v) is 1.34. The molecule has 0 aromatic heterocycles. The smallest absolute Gasteiger partial charge is 0.329 e. The Labute approximate surface area is 59.3 Å². The quantitative estimate of drug-likeness (QED) is 0.645. The van der Waals surface area contributed by atoms with E-state index in [0.29, 0.717) is 13.0 Å². The maximum Gasteiger partial charge on any atom is 0.329 e. The molecule has 1 unspecified atom stereocenters. The van der Waals surface area contributed by atoms with E-state index in [9.17, 15) is 4.79 Å². The van der Waals surface area contributed by atoms with Gasteiger partial charge in [0.1, 0.15) is 11.9 Å². The van der Waals surface area contributed by atoms with Gasteiger partial charge in [0.25, 0.3) is 0 Å². The highest BCUT2D eigenvalue weighted by molar-refractivity contribution is 6.13. The van der Waals surface area contributed by atoms with Crippen molar-refractivity contribution in [1.29, 1.82) is 0 Å². The highest BCUT2D eigenvalue weighted by Gasteiger charge is 2.14. The molecular formula is C5H10ClNO2. The molecule has 54 valence electrons. The molecule has 0 aliphatic rings. The first kappa shape index (κ1) is 8.72. The predicted octanol–water partition coefficient (Wildman–Crippen LogP) is 0.668. The Morgan fingerprint density at radius 2 is 2.44 bits per heavy atom. The summed E-state index contributed by atoms with van der Waals surface area (Å²) >= 11 is 4.80. The van der Waals surface area contributed by atoms with Crippen molar-refractivity contribution in [3.8, 4) is 0 Å². The highest BCUT2D eigenvalue weighted by atomic mass is 35.5. The van der Waals surface area contributed by atoms with E-state index in [0.717, 1.165) is 0 Å². The largest absolute Gasteiger partial charge is 0.347 e. The van der Waals surface area contributed by atoms with E-state index in [-0.39, 0.29) is 5.92 Å². The molecule has 0 aliphatic carbocycles. The fourth-order valence-electron chi connectivity index (χ4n) is 0.493. The minimum atomic E-state index is -0.443. The monoisotopic (exact) mass is 151 g/mol. The summed E-state index contributed by atoms with van der Waals surface area (Å²) in [5.41, 5.74) is 5.20. The molecule has 0 fully saturated rings. The van der Waals surface area contributed by atoms with Crippen LogP contribution in [0.25, 0.3) is 0 Å². The van der Waals surface area contributed by atoms with E-state index >= 15 is 0 Å². The molecule has 0 amide bonds. The number of carbonyl (C=O) groups is 1. The second kappa shape index (κ2) is 4.58. The van der Waals surface area contributed by atoms with Gasteiger partial charge in [-0.1, -0.05) is 6.92 Å². The molecule has 0 saturated carbocycles. The first-order chi connectivity index (χ1) is 4.26. The zero-order chi connectivity index (χ0) is 7.28. The highest BCUT2D eigenvalue weighted by Crippen LogP contribution is 2.03. The molecule has 0 aliphatic heterocycles. The molecule has 4 heteroatoms. The van der Waals surface area contributed by atoms with E-state index in [1.807, 2.05) is 6.92 Å². The van der Waals surface area contributed by atoms with Gasteiger partial charge in [0.05, 0.1) is 5.92 Å². The van der Waals surface area contributed by atoms with Crippen LogP contribution in [0.5, 0.6) is 0 Å². The van der Waals surface area contributed by atoms with Crippen LogP contribution in [0.2, 0.25) is 0 Å². The summed E-state index contributed by atoms with van der Waals surface area (Å²) in [7, 11) is 0. The first-order valence-corrected chi connectivity index (χ1v) is 3.09. The Kier molecular flexibility index (Phi) is 4.44. The van der Waals surface area contributed by atoms with Crippen LogP contribution in [0, 0.1) is 5.92 Å². The van der Waals surface area contributed by atoms with Gasteiger partial charge in [0.15, 0.2) is 0 Å². The summed E-state index contributed by atoms with van der Waals surface area (Å²) in [6.45, 7) is 2.15. The molecule has 0 bridgehead atoms. The molecule has 3 nitrogen and oxygen atoms in total. The summed E-state index contributed by atoms with van der Waals surface area (Å²) in [6.07, 6.45) is 0.669. The van der Waals surface area contributed by atoms with Crippen molar-refractivity contribution in [3.05, 3.63) is 0 Å². The van der Waals surface area contributed by atoms with E-state index in [1.165, 1.54) is 0 Å². The molecule has 1 atom stereocenters. The molecule has 0 aromatic carbocycles. The lowest BCUT2D eigenvalue weighted by atomic mass is 10.1. The Hall–Kier alpha value is -0.280. The fraction of sp³-hybridized carbons (Fsp3) is 0.800. The van der Waals surface area contributed by atoms with E-state index < -0.39 is 5.97 Å². The Bertz CT molecular complexity index is 93.0. The predicted molar refractivity (Wildman–Crippen MR) is 34.8 cm³/mol. The third kappa shape index (κ3) is 2.67. The van der Waals surface area contributed by atoms with Crippen molar-refractivity contribution in [3.63, 3.8) is 0 Å². The van der Waals surface area contributed by atoms with Crippen LogP contribution < -0.4 is 5.73 Å². The number of halogens is 1. The Balaban J connectivity index is 3.64. The lowest BCUT2D eigenvalue weighted by molar-refractivity contribution is -0.138. The van der Waals surface area contributed by atoms with Crippen molar-refractivity contribution in [1.82, 2.24) is 0 Å². The second-order valence-electron chi connectivity index (χ2n) is 1.74. The molecule has 0 spiro atoms. The lowest BCUT2D eigenvalue weighted by Gasteiger charge is -2.05. The Morgan fingerprint density at radius 1 is 1.89 bits per heavy atom. The SMILES string of the molecule is CCC(CN)C(=O)OCl. The summed E-state index contributed by atoms with van der Waals surface area (Å²) in [5, 5.41) is 0. The lowest BCUT2D eigenvalue weighted by Crippen LogP contribution is -2.22. The van der Waals surface area contributed by atoms with Crippen LogP contribution in [0.15, 0.2) is 0 Å². The van der Waals surface area contributed by atoms with Crippen molar-refractivity contribution in [2.75, 3.05) is 6.54 Å². The summed E-state index contributed by atoms with van der Waals surface area (Å²) in [5.74, 6) is -0.691. The molecule has 0 aromatic rings. The fourth-order valence-corrected chi connectivity index (χ4v) is 0.619. The van der Waals surface area contributed by atoms with Gasteiger partial charge in [-0.05, 0) is 6.42 Å². The average Bonchev–Trinajstić information content (AvgIpc) is 1.90. The summed E-state index contributed by atoms with van der Waals surface area (Å²) in [4.78, 5) is 10.5. The normalized spacial score (nSPS) is 12.8. The number of rotatable bonds is 3. The van der Waals surface area contributed by atoms with Crippen molar-refractivity contribution < 1.29 is 9.08 Å². The minimum Gasteiger partial charge on any atom is -0.347 e. The van der Waals surface area contributed by atoms with Gasteiger partial charge in [-0.3, -0.25) is 4.79 Å². The molecule has 0 saturated heterocycles. The standard InChI is InChI=1S/C5H10ClNO2/c1-2-4(3-7)5(8)9-6/h4H,2-3,7H2,1H3. The minimum absolute atomic E-state index is 0.248. The Morgan fingerprint density at radius 3 is 2.56 bits per heavy atom.